The molecule has 0 radical (unpaired) electrons. The zero-order valence-corrected chi connectivity index (χ0v) is 14.1. The summed E-state index contributed by atoms with van der Waals surface area (Å²) in [6.07, 6.45) is 2.10. The molecule has 2 aromatic carbocycles. The Bertz CT molecular complexity index is 655. The van der Waals surface area contributed by atoms with Crippen LogP contribution in [0.25, 0.3) is 0 Å². The number of unbranched alkanes of at least 4 members (excludes halogenated alkanes) is 1. The van der Waals surface area contributed by atoms with Gasteiger partial charge in [0.05, 0.1) is 23.5 Å². The first-order valence-electron chi connectivity index (χ1n) is 7.23. The second-order valence-corrected chi connectivity index (χ2v) is 5.58. The van der Waals surface area contributed by atoms with Crippen molar-refractivity contribution in [3.63, 3.8) is 0 Å². The monoisotopic (exact) mass is 376 g/mol. The van der Waals surface area contributed by atoms with Gasteiger partial charge in [0.2, 0.25) is 0 Å². The van der Waals surface area contributed by atoms with Gasteiger partial charge in [0.1, 0.15) is 5.75 Å². The highest BCUT2D eigenvalue weighted by Gasteiger charge is 2.01. The van der Waals surface area contributed by atoms with Crippen LogP contribution in [0, 0.1) is 0 Å². The lowest BCUT2D eigenvalue weighted by atomic mass is 10.2. The molecule has 6 heteroatoms. The van der Waals surface area contributed by atoms with Crippen molar-refractivity contribution >= 4 is 33.3 Å². The molecule has 0 aliphatic heterocycles. The van der Waals surface area contributed by atoms with Gasteiger partial charge in [-0.3, -0.25) is 0 Å². The molecule has 0 aromatic heterocycles. The van der Waals surface area contributed by atoms with E-state index in [2.05, 4.69) is 26.2 Å². The number of halogens is 1. The molecule has 2 aromatic rings. The van der Waals surface area contributed by atoms with Crippen LogP contribution >= 0.6 is 15.9 Å². The fourth-order valence-electron chi connectivity index (χ4n) is 1.78. The largest absolute Gasteiger partial charge is 0.494 e. The highest BCUT2D eigenvalue weighted by molar-refractivity contribution is 9.09. The summed E-state index contributed by atoms with van der Waals surface area (Å²) < 4.78 is 5.61. The van der Waals surface area contributed by atoms with Crippen molar-refractivity contribution in [2.24, 2.45) is 10.2 Å². The molecule has 2 rings (SSSR count). The maximum atomic E-state index is 10.8. The number of ether oxygens (including phenoxy) is 1. The molecular formula is C17H17BrN2O3. The number of alkyl halides is 1. The first-order chi connectivity index (χ1) is 11.2. The third-order valence-electron chi connectivity index (χ3n) is 3.03. The molecule has 23 heavy (non-hydrogen) atoms. The van der Waals surface area contributed by atoms with Gasteiger partial charge < -0.3 is 9.84 Å². The second kappa shape index (κ2) is 9.05. The summed E-state index contributed by atoms with van der Waals surface area (Å²) >= 11 is 3.39. The Hall–Kier alpha value is -2.21. The summed E-state index contributed by atoms with van der Waals surface area (Å²) in [4.78, 5) is 10.8. The lowest BCUT2D eigenvalue weighted by molar-refractivity contribution is 0.0697. The van der Waals surface area contributed by atoms with E-state index in [0.29, 0.717) is 18.0 Å². The maximum Gasteiger partial charge on any atom is 0.335 e. The van der Waals surface area contributed by atoms with Crippen molar-refractivity contribution in [3.8, 4) is 5.75 Å². The number of azo groups is 1. The number of benzene rings is 2. The molecular weight excluding hydrogens is 360 g/mol. The van der Waals surface area contributed by atoms with E-state index >= 15 is 0 Å². The van der Waals surface area contributed by atoms with Crippen LogP contribution in [-0.4, -0.2) is 23.0 Å². The molecule has 5 nitrogen and oxygen atoms in total. The summed E-state index contributed by atoms with van der Waals surface area (Å²) in [6.45, 7) is 0.697. The molecule has 0 amide bonds. The van der Waals surface area contributed by atoms with E-state index in [4.69, 9.17) is 9.84 Å². The molecule has 1 N–H and O–H groups in total. The Kier molecular flexibility index (Phi) is 6.75. The Balaban J connectivity index is 1.90. The van der Waals surface area contributed by atoms with E-state index in [1.54, 1.807) is 12.1 Å². The number of nitrogens with zero attached hydrogens (tertiary/aromatic N) is 2. The van der Waals surface area contributed by atoms with Gasteiger partial charge in [-0.15, -0.1) is 0 Å². The quantitative estimate of drug-likeness (QED) is 0.383. The Morgan fingerprint density at radius 2 is 1.52 bits per heavy atom. The van der Waals surface area contributed by atoms with E-state index < -0.39 is 5.97 Å². The molecule has 0 saturated carbocycles. The van der Waals surface area contributed by atoms with E-state index in [1.165, 1.54) is 12.1 Å². The van der Waals surface area contributed by atoms with Crippen molar-refractivity contribution in [2.45, 2.75) is 12.8 Å². The van der Waals surface area contributed by atoms with Gasteiger partial charge in [0.15, 0.2) is 0 Å². The zero-order chi connectivity index (χ0) is 16.5. The van der Waals surface area contributed by atoms with Crippen LogP contribution < -0.4 is 4.74 Å². The normalized spacial score (nSPS) is 10.8. The molecule has 0 aliphatic carbocycles. The molecule has 0 fully saturated rings. The van der Waals surface area contributed by atoms with E-state index in [1.807, 2.05) is 24.3 Å². The predicted molar refractivity (Wildman–Crippen MR) is 92.5 cm³/mol. The fraction of sp³-hybridized carbons (Fsp3) is 0.235. The van der Waals surface area contributed by atoms with Crippen LogP contribution in [0.15, 0.2) is 58.8 Å². The van der Waals surface area contributed by atoms with Crippen LogP contribution in [-0.2, 0) is 0 Å². The molecule has 0 spiro atoms. The number of carboxylic acids is 1. The average molecular weight is 377 g/mol. The van der Waals surface area contributed by atoms with Crippen LogP contribution in [0.5, 0.6) is 5.75 Å². The van der Waals surface area contributed by atoms with Crippen molar-refractivity contribution in [1.82, 2.24) is 0 Å². The van der Waals surface area contributed by atoms with Gasteiger partial charge in [-0.2, -0.15) is 10.2 Å². The standard InChI is InChI=1S/C17H17BrN2O3/c18-11-1-2-12-23-16-9-7-15(8-10-16)20-19-14-5-3-13(4-6-14)17(21)22/h3-10H,1-2,11-12H2,(H,21,22)/b20-19+. The number of carboxylic acid groups (broad SMARTS) is 1. The molecule has 0 aliphatic rings. The van der Waals surface area contributed by atoms with Crippen molar-refractivity contribution in [3.05, 3.63) is 54.1 Å². The van der Waals surface area contributed by atoms with Gasteiger partial charge in [-0.05, 0) is 61.4 Å². The number of carbonyl (C=O) groups is 1. The third kappa shape index (κ3) is 5.83. The number of aromatic carboxylic acids is 1. The number of rotatable bonds is 8. The maximum absolute atomic E-state index is 10.8. The predicted octanol–water partition coefficient (Wildman–Crippen LogP) is 5.35. The highest BCUT2D eigenvalue weighted by Crippen LogP contribution is 2.21. The second-order valence-electron chi connectivity index (χ2n) is 4.79. The van der Waals surface area contributed by atoms with Gasteiger partial charge in [-0.25, -0.2) is 4.79 Å². The first kappa shape index (κ1) is 17.1. The van der Waals surface area contributed by atoms with Gasteiger partial charge in [0, 0.05) is 5.33 Å². The smallest absolute Gasteiger partial charge is 0.335 e. The van der Waals surface area contributed by atoms with Crippen molar-refractivity contribution in [1.29, 1.82) is 0 Å². The van der Waals surface area contributed by atoms with Gasteiger partial charge >= 0.3 is 5.97 Å². The van der Waals surface area contributed by atoms with Crippen molar-refractivity contribution in [2.75, 3.05) is 11.9 Å². The van der Waals surface area contributed by atoms with E-state index in [0.717, 1.165) is 23.9 Å². The van der Waals surface area contributed by atoms with E-state index in [-0.39, 0.29) is 5.56 Å². The van der Waals surface area contributed by atoms with Gasteiger partial charge in [-0.1, -0.05) is 15.9 Å². The number of hydrogen-bond acceptors (Lipinski definition) is 4. The molecule has 120 valence electrons. The fourth-order valence-corrected chi connectivity index (χ4v) is 2.18. The minimum Gasteiger partial charge on any atom is -0.494 e. The Morgan fingerprint density at radius 3 is 2.04 bits per heavy atom. The number of hydrogen-bond donors (Lipinski definition) is 1. The third-order valence-corrected chi connectivity index (χ3v) is 3.59. The van der Waals surface area contributed by atoms with Crippen LogP contribution in [0.3, 0.4) is 0 Å². The van der Waals surface area contributed by atoms with Crippen LogP contribution in [0.1, 0.15) is 23.2 Å². The summed E-state index contributed by atoms with van der Waals surface area (Å²) in [5.41, 5.74) is 1.54. The first-order valence-corrected chi connectivity index (χ1v) is 8.35. The Labute approximate surface area is 143 Å². The lowest BCUT2D eigenvalue weighted by Gasteiger charge is -2.05. The Morgan fingerprint density at radius 1 is 0.957 bits per heavy atom. The molecule has 0 atom stereocenters. The van der Waals surface area contributed by atoms with Crippen molar-refractivity contribution < 1.29 is 14.6 Å². The van der Waals surface area contributed by atoms with E-state index in [9.17, 15) is 4.79 Å². The molecule has 0 unspecified atom stereocenters. The minimum absolute atomic E-state index is 0.227. The van der Waals surface area contributed by atoms with Crippen LogP contribution in [0.2, 0.25) is 0 Å². The SMILES string of the molecule is O=C(O)c1ccc(/N=N/c2ccc(OCCCCBr)cc2)cc1. The highest BCUT2D eigenvalue weighted by atomic mass is 79.9. The minimum atomic E-state index is -0.958. The summed E-state index contributed by atoms with van der Waals surface area (Å²) in [6, 6.07) is 13.6. The molecule has 0 saturated heterocycles. The lowest BCUT2D eigenvalue weighted by Crippen LogP contribution is -1.96. The van der Waals surface area contributed by atoms with Crippen LogP contribution in [0.4, 0.5) is 11.4 Å². The molecule has 0 bridgehead atoms. The summed E-state index contributed by atoms with van der Waals surface area (Å²) in [7, 11) is 0. The van der Waals surface area contributed by atoms with Gasteiger partial charge in [0.25, 0.3) is 0 Å². The zero-order valence-electron chi connectivity index (χ0n) is 12.5. The topological polar surface area (TPSA) is 71.2 Å². The summed E-state index contributed by atoms with van der Waals surface area (Å²) in [5.74, 6) is -0.149. The average Bonchev–Trinajstić information content (AvgIpc) is 2.58. The molecule has 0 heterocycles. The summed E-state index contributed by atoms with van der Waals surface area (Å²) in [5, 5.41) is 18.0.